The molecule has 0 bridgehead atoms. The van der Waals surface area contributed by atoms with Crippen molar-refractivity contribution in [3.8, 4) is 11.4 Å². The number of H-pyrrole nitrogens is 1. The molecule has 0 aliphatic carbocycles. The van der Waals surface area contributed by atoms with Crippen molar-refractivity contribution in [2.75, 3.05) is 11.4 Å². The van der Waals surface area contributed by atoms with Gasteiger partial charge in [0.25, 0.3) is 0 Å². The Labute approximate surface area is 189 Å². The van der Waals surface area contributed by atoms with Gasteiger partial charge in [-0.2, -0.15) is 18.3 Å². The van der Waals surface area contributed by atoms with E-state index in [1.165, 1.54) is 16.8 Å². The molecule has 1 saturated heterocycles. The van der Waals surface area contributed by atoms with Crippen LogP contribution in [0.4, 0.5) is 27.8 Å². The molecule has 4 aromatic rings. The van der Waals surface area contributed by atoms with Gasteiger partial charge in [-0.15, -0.1) is 10.2 Å². The summed E-state index contributed by atoms with van der Waals surface area (Å²) in [5, 5.41) is 21.2. The molecule has 4 heterocycles. The number of halogens is 5. The summed E-state index contributed by atoms with van der Waals surface area (Å²) >= 11 is 0. The van der Waals surface area contributed by atoms with Crippen LogP contribution in [-0.2, 0) is 5.60 Å². The lowest BCUT2D eigenvalue weighted by Crippen LogP contribution is -2.40. The van der Waals surface area contributed by atoms with Gasteiger partial charge >= 0.3 is 6.18 Å². The van der Waals surface area contributed by atoms with Gasteiger partial charge in [0.05, 0.1) is 17.8 Å². The number of anilines is 1. The van der Waals surface area contributed by atoms with Crippen LogP contribution in [0.25, 0.3) is 17.0 Å². The number of aromatic nitrogens is 6. The third kappa shape index (κ3) is 3.56. The molecule has 0 radical (unpaired) electrons. The fourth-order valence-corrected chi connectivity index (χ4v) is 4.06. The molecule has 1 fully saturated rings. The summed E-state index contributed by atoms with van der Waals surface area (Å²) in [5.41, 5.74) is -2.48. The molecule has 0 unspecified atom stereocenters. The normalized spacial score (nSPS) is 18.6. The van der Waals surface area contributed by atoms with Crippen LogP contribution in [-0.4, -0.2) is 47.6 Å². The number of alkyl halides is 3. The van der Waals surface area contributed by atoms with E-state index in [9.17, 15) is 27.1 Å². The number of hydrogen-bond donors (Lipinski definition) is 2. The highest BCUT2D eigenvalue weighted by Gasteiger charge is 2.53. The molecule has 1 aliphatic heterocycles. The second kappa shape index (κ2) is 7.72. The van der Waals surface area contributed by atoms with Gasteiger partial charge in [-0.3, -0.25) is 0 Å². The number of rotatable bonds is 4. The van der Waals surface area contributed by atoms with Gasteiger partial charge in [-0.25, -0.2) is 18.3 Å². The molecule has 3 aromatic heterocycles. The second-order valence-electron chi connectivity index (χ2n) is 8.22. The van der Waals surface area contributed by atoms with Gasteiger partial charge in [0.1, 0.15) is 17.5 Å². The summed E-state index contributed by atoms with van der Waals surface area (Å²) in [4.78, 5) is 8.82. The van der Waals surface area contributed by atoms with Gasteiger partial charge in [0.15, 0.2) is 17.3 Å². The number of aromatic amines is 1. The summed E-state index contributed by atoms with van der Waals surface area (Å²) in [6.45, 7) is 1.12. The van der Waals surface area contributed by atoms with E-state index in [-0.39, 0.29) is 22.6 Å². The highest BCUT2D eigenvalue weighted by atomic mass is 19.4. The molecular weight excluding hydrogens is 461 g/mol. The van der Waals surface area contributed by atoms with Crippen LogP contribution >= 0.6 is 0 Å². The van der Waals surface area contributed by atoms with Gasteiger partial charge in [0.2, 0.25) is 5.60 Å². The zero-order valence-electron chi connectivity index (χ0n) is 17.7. The third-order valence-electron chi connectivity index (χ3n) is 5.97. The molecule has 13 heteroatoms. The van der Waals surface area contributed by atoms with Crippen molar-refractivity contribution in [3.05, 3.63) is 59.7 Å². The minimum atomic E-state index is -4.97. The van der Waals surface area contributed by atoms with Crippen LogP contribution in [0.3, 0.4) is 0 Å². The number of fused-ring (bicyclic) bond motifs is 1. The van der Waals surface area contributed by atoms with Crippen LogP contribution in [0.2, 0.25) is 0 Å². The van der Waals surface area contributed by atoms with Crippen LogP contribution in [0.1, 0.15) is 37.2 Å². The molecule has 2 atom stereocenters. The Bertz CT molecular complexity index is 1360. The van der Waals surface area contributed by atoms with Crippen molar-refractivity contribution in [2.45, 2.75) is 37.6 Å². The molecule has 2 N–H and O–H groups in total. The van der Waals surface area contributed by atoms with Crippen molar-refractivity contribution in [1.29, 1.82) is 0 Å². The van der Waals surface area contributed by atoms with E-state index >= 15 is 0 Å². The summed E-state index contributed by atoms with van der Waals surface area (Å²) in [7, 11) is 0. The maximum Gasteiger partial charge on any atom is 0.424 e. The zero-order chi connectivity index (χ0) is 24.3. The maximum absolute atomic E-state index is 14.4. The summed E-state index contributed by atoms with van der Waals surface area (Å²) in [6, 6.07) is 4.55. The minimum Gasteiger partial charge on any atom is -0.374 e. The van der Waals surface area contributed by atoms with E-state index in [2.05, 4.69) is 25.3 Å². The monoisotopic (exact) mass is 479 g/mol. The number of hydrogen-bond acceptors (Lipinski definition) is 6. The summed E-state index contributed by atoms with van der Waals surface area (Å²) in [6.07, 6.45) is -0.684. The van der Waals surface area contributed by atoms with E-state index in [1.807, 2.05) is 4.90 Å². The first kappa shape index (κ1) is 22.2. The fourth-order valence-electron chi connectivity index (χ4n) is 4.06. The van der Waals surface area contributed by atoms with E-state index in [1.54, 1.807) is 12.3 Å². The van der Waals surface area contributed by atoms with Crippen molar-refractivity contribution < 1.29 is 27.1 Å². The summed E-state index contributed by atoms with van der Waals surface area (Å²) in [5.74, 6) is -1.43. The molecule has 1 aliphatic rings. The van der Waals surface area contributed by atoms with Crippen molar-refractivity contribution in [2.24, 2.45) is 0 Å². The molecular formula is C21H18F5N7O. The average Bonchev–Trinajstić information content (AvgIpc) is 3.53. The molecule has 0 spiro atoms. The summed E-state index contributed by atoms with van der Waals surface area (Å²) < 4.78 is 69.1. The second-order valence-corrected chi connectivity index (χ2v) is 8.22. The van der Waals surface area contributed by atoms with Crippen molar-refractivity contribution >= 4 is 11.5 Å². The highest BCUT2D eigenvalue weighted by molar-refractivity contribution is 5.73. The average molecular weight is 479 g/mol. The van der Waals surface area contributed by atoms with Crippen LogP contribution in [0.5, 0.6) is 0 Å². The molecule has 1 aromatic carbocycles. The largest absolute Gasteiger partial charge is 0.424 e. The van der Waals surface area contributed by atoms with Gasteiger partial charge in [0, 0.05) is 18.3 Å². The van der Waals surface area contributed by atoms with E-state index in [0.717, 1.165) is 18.6 Å². The molecule has 178 valence electrons. The Balaban J connectivity index is 1.53. The highest BCUT2D eigenvalue weighted by Crippen LogP contribution is 2.39. The van der Waals surface area contributed by atoms with Crippen molar-refractivity contribution in [3.63, 3.8) is 0 Å². The quantitative estimate of drug-likeness (QED) is 0.431. The Morgan fingerprint density at radius 1 is 1.15 bits per heavy atom. The lowest BCUT2D eigenvalue weighted by Gasteiger charge is -2.26. The van der Waals surface area contributed by atoms with Crippen LogP contribution in [0.15, 0.2) is 36.7 Å². The van der Waals surface area contributed by atoms with E-state index in [0.29, 0.717) is 25.7 Å². The van der Waals surface area contributed by atoms with Gasteiger partial charge in [-0.1, -0.05) is 0 Å². The first-order valence-electron chi connectivity index (χ1n) is 10.3. The first-order valence-corrected chi connectivity index (χ1v) is 10.3. The number of benzene rings is 1. The molecule has 5 rings (SSSR count). The van der Waals surface area contributed by atoms with E-state index in [4.69, 9.17) is 0 Å². The Morgan fingerprint density at radius 2 is 1.94 bits per heavy atom. The van der Waals surface area contributed by atoms with Gasteiger partial charge < -0.3 is 15.0 Å². The Kier molecular flexibility index (Phi) is 5.04. The lowest BCUT2D eigenvalue weighted by atomic mass is 10.0. The predicted octanol–water partition coefficient (Wildman–Crippen LogP) is 3.90. The smallest absolute Gasteiger partial charge is 0.374 e. The Morgan fingerprint density at radius 3 is 2.71 bits per heavy atom. The zero-order valence-corrected chi connectivity index (χ0v) is 17.7. The number of nitrogens with zero attached hydrogens (tertiary/aromatic N) is 6. The lowest BCUT2D eigenvalue weighted by molar-refractivity contribution is -0.261. The molecule has 0 saturated carbocycles. The van der Waals surface area contributed by atoms with Crippen molar-refractivity contribution in [1.82, 2.24) is 29.8 Å². The SMILES string of the molecule is C[C@@](O)(c1nnc(-c2cnn3ccc(N4CCC[C@@H]4c4cc(F)ccc4F)nc23)[nH]1)C(F)(F)F. The first-order chi connectivity index (χ1) is 16.1. The third-order valence-corrected chi connectivity index (χ3v) is 5.97. The van der Waals surface area contributed by atoms with Crippen LogP contribution in [0, 0.1) is 11.6 Å². The predicted molar refractivity (Wildman–Crippen MR) is 110 cm³/mol. The molecule has 34 heavy (non-hydrogen) atoms. The fraction of sp³-hybridized carbons (Fsp3) is 0.333. The number of aliphatic hydroxyl groups is 1. The van der Waals surface area contributed by atoms with Crippen LogP contribution < -0.4 is 4.90 Å². The Hall–Kier alpha value is -3.61. The molecule has 8 nitrogen and oxygen atoms in total. The van der Waals surface area contributed by atoms with E-state index < -0.39 is 35.3 Å². The molecule has 0 amide bonds. The topological polar surface area (TPSA) is 95.2 Å². The standard InChI is InChI=1S/C21H18F5N7O/c1-20(34,21(24,25)26)19-29-17(30-31-19)13-10-27-33-8-6-16(28-18(13)33)32-7-2-3-15(32)12-9-11(22)4-5-14(12)23/h4-6,8-10,15,34H,2-3,7H2,1H3,(H,29,30,31)/t15-,20-/m1/s1. The minimum absolute atomic E-state index is 0.0617. The van der Waals surface area contributed by atoms with Gasteiger partial charge in [-0.05, 0) is 44.0 Å². The maximum atomic E-state index is 14.4. The number of nitrogens with one attached hydrogen (secondary N) is 1.